The van der Waals surface area contributed by atoms with Crippen LogP contribution in [0.15, 0.2) is 54.2 Å². The standard InChI is InChI=1S/C19H18ClN3O3/c1-12-3-9-17(26-2)16(11-12)21-19(25)15-8-10-18(24)23(22-15)14-6-4-13(20)5-7-14/h3-9,11,22H,10H2,1-2H3,(H,21,25). The highest BCUT2D eigenvalue weighted by Gasteiger charge is 2.24. The molecule has 0 aliphatic carbocycles. The molecule has 0 unspecified atom stereocenters. The zero-order chi connectivity index (χ0) is 18.7. The molecule has 2 aromatic carbocycles. The van der Waals surface area contributed by atoms with E-state index in [4.69, 9.17) is 16.3 Å². The molecule has 7 heteroatoms. The Morgan fingerprint density at radius 2 is 1.96 bits per heavy atom. The lowest BCUT2D eigenvalue weighted by atomic mass is 10.2. The Morgan fingerprint density at radius 1 is 1.23 bits per heavy atom. The van der Waals surface area contributed by atoms with Crippen LogP contribution in [0, 0.1) is 6.92 Å². The van der Waals surface area contributed by atoms with E-state index in [2.05, 4.69) is 10.7 Å². The van der Waals surface area contributed by atoms with E-state index in [-0.39, 0.29) is 23.9 Å². The topological polar surface area (TPSA) is 70.7 Å². The highest BCUT2D eigenvalue weighted by molar-refractivity contribution is 6.30. The lowest BCUT2D eigenvalue weighted by Crippen LogP contribution is -2.47. The number of aryl methyl sites for hydroxylation is 1. The molecule has 26 heavy (non-hydrogen) atoms. The van der Waals surface area contributed by atoms with E-state index in [1.54, 1.807) is 43.5 Å². The van der Waals surface area contributed by atoms with Crippen LogP contribution < -0.4 is 20.5 Å². The molecule has 6 nitrogen and oxygen atoms in total. The molecule has 0 saturated heterocycles. The number of ether oxygens (including phenoxy) is 1. The predicted octanol–water partition coefficient (Wildman–Crippen LogP) is 3.42. The van der Waals surface area contributed by atoms with Gasteiger partial charge in [0.15, 0.2) is 0 Å². The van der Waals surface area contributed by atoms with Crippen molar-refractivity contribution < 1.29 is 14.3 Å². The molecule has 0 fully saturated rings. The second-order valence-corrected chi connectivity index (χ2v) is 6.23. The molecule has 2 amide bonds. The highest BCUT2D eigenvalue weighted by Crippen LogP contribution is 2.26. The molecule has 2 aromatic rings. The summed E-state index contributed by atoms with van der Waals surface area (Å²) in [6.45, 7) is 1.92. The minimum Gasteiger partial charge on any atom is -0.495 e. The molecule has 0 spiro atoms. The molecule has 134 valence electrons. The molecule has 0 aromatic heterocycles. The number of nitrogens with zero attached hydrogens (tertiary/aromatic N) is 1. The van der Waals surface area contributed by atoms with Crippen molar-refractivity contribution in [3.8, 4) is 5.75 Å². The van der Waals surface area contributed by atoms with Gasteiger partial charge in [0, 0.05) is 11.4 Å². The smallest absolute Gasteiger partial charge is 0.273 e. The summed E-state index contributed by atoms with van der Waals surface area (Å²) in [5, 5.41) is 4.71. The number of amides is 2. The van der Waals surface area contributed by atoms with Crippen molar-refractivity contribution in [2.45, 2.75) is 13.3 Å². The van der Waals surface area contributed by atoms with Gasteiger partial charge in [-0.3, -0.25) is 15.0 Å². The Morgan fingerprint density at radius 3 is 2.65 bits per heavy atom. The normalized spacial score (nSPS) is 13.7. The first-order valence-electron chi connectivity index (χ1n) is 7.99. The van der Waals surface area contributed by atoms with E-state index < -0.39 is 0 Å². The number of anilines is 2. The fraction of sp³-hybridized carbons (Fsp3) is 0.158. The Hall–Kier alpha value is -2.99. The van der Waals surface area contributed by atoms with Gasteiger partial charge in [0.25, 0.3) is 5.91 Å². The molecule has 0 bridgehead atoms. The van der Waals surface area contributed by atoms with Crippen molar-refractivity contribution in [3.05, 3.63) is 64.8 Å². The maximum atomic E-state index is 12.6. The van der Waals surface area contributed by atoms with E-state index in [0.29, 0.717) is 22.1 Å². The zero-order valence-corrected chi connectivity index (χ0v) is 15.1. The van der Waals surface area contributed by atoms with Gasteiger partial charge in [-0.25, -0.2) is 5.01 Å². The largest absolute Gasteiger partial charge is 0.495 e. The molecular weight excluding hydrogens is 354 g/mol. The fourth-order valence-electron chi connectivity index (χ4n) is 2.56. The lowest BCUT2D eigenvalue weighted by molar-refractivity contribution is -0.119. The van der Waals surface area contributed by atoms with Crippen LogP contribution in [0.3, 0.4) is 0 Å². The summed E-state index contributed by atoms with van der Waals surface area (Å²) in [7, 11) is 1.54. The van der Waals surface area contributed by atoms with Gasteiger partial charge in [-0.15, -0.1) is 0 Å². The predicted molar refractivity (Wildman–Crippen MR) is 101 cm³/mol. The summed E-state index contributed by atoms with van der Waals surface area (Å²) < 4.78 is 5.28. The first-order chi connectivity index (χ1) is 12.5. The van der Waals surface area contributed by atoms with E-state index >= 15 is 0 Å². The van der Waals surface area contributed by atoms with Crippen molar-refractivity contribution in [2.75, 3.05) is 17.4 Å². The van der Waals surface area contributed by atoms with Gasteiger partial charge in [-0.2, -0.15) is 0 Å². The number of hydrazine groups is 1. The molecule has 3 rings (SSSR count). The fourth-order valence-corrected chi connectivity index (χ4v) is 2.69. The first kappa shape index (κ1) is 17.8. The Bertz CT molecular complexity index is 878. The number of carbonyl (C=O) groups excluding carboxylic acids is 2. The van der Waals surface area contributed by atoms with Crippen LogP contribution in [0.5, 0.6) is 5.75 Å². The molecule has 1 heterocycles. The number of methoxy groups -OCH3 is 1. The number of hydrogen-bond donors (Lipinski definition) is 2. The number of carbonyl (C=O) groups is 2. The lowest BCUT2D eigenvalue weighted by Gasteiger charge is -2.28. The number of halogens is 1. The molecular formula is C19H18ClN3O3. The van der Waals surface area contributed by atoms with Crippen molar-refractivity contribution in [1.29, 1.82) is 0 Å². The Kier molecular flexibility index (Phi) is 5.14. The number of hydrogen-bond acceptors (Lipinski definition) is 4. The first-order valence-corrected chi connectivity index (χ1v) is 8.37. The third-order valence-corrected chi connectivity index (χ3v) is 4.15. The van der Waals surface area contributed by atoms with Crippen LogP contribution in [-0.4, -0.2) is 18.9 Å². The van der Waals surface area contributed by atoms with Crippen molar-refractivity contribution in [3.63, 3.8) is 0 Å². The SMILES string of the molecule is COc1ccc(C)cc1NC(=O)C1=CCC(=O)N(c2ccc(Cl)cc2)N1. The minimum absolute atomic E-state index is 0.114. The van der Waals surface area contributed by atoms with Crippen molar-refractivity contribution in [1.82, 2.24) is 5.43 Å². The van der Waals surface area contributed by atoms with Crippen LogP contribution in [-0.2, 0) is 9.59 Å². The van der Waals surface area contributed by atoms with E-state index in [1.165, 1.54) is 5.01 Å². The van der Waals surface area contributed by atoms with Crippen LogP contribution in [0.1, 0.15) is 12.0 Å². The summed E-state index contributed by atoms with van der Waals surface area (Å²) >= 11 is 5.89. The van der Waals surface area contributed by atoms with Gasteiger partial charge in [0.05, 0.1) is 18.5 Å². The van der Waals surface area contributed by atoms with Gasteiger partial charge in [-0.1, -0.05) is 17.7 Å². The molecule has 2 N–H and O–H groups in total. The average molecular weight is 372 g/mol. The summed E-state index contributed by atoms with van der Waals surface area (Å²) in [5.41, 5.74) is 5.30. The van der Waals surface area contributed by atoms with Crippen molar-refractivity contribution in [2.24, 2.45) is 0 Å². The van der Waals surface area contributed by atoms with E-state index in [0.717, 1.165) is 5.56 Å². The minimum atomic E-state index is -0.361. The average Bonchev–Trinajstić information content (AvgIpc) is 2.63. The summed E-state index contributed by atoms with van der Waals surface area (Å²) in [5.74, 6) is 0.0309. The number of rotatable bonds is 4. The van der Waals surface area contributed by atoms with Crippen LogP contribution in [0.4, 0.5) is 11.4 Å². The quantitative estimate of drug-likeness (QED) is 0.863. The van der Waals surface area contributed by atoms with Gasteiger partial charge < -0.3 is 10.1 Å². The Balaban J connectivity index is 1.79. The summed E-state index contributed by atoms with van der Waals surface area (Å²) in [6.07, 6.45) is 1.68. The highest BCUT2D eigenvalue weighted by atomic mass is 35.5. The number of nitrogens with one attached hydrogen (secondary N) is 2. The third kappa shape index (κ3) is 3.81. The van der Waals surface area contributed by atoms with Gasteiger partial charge in [0.1, 0.15) is 11.4 Å². The summed E-state index contributed by atoms with van der Waals surface area (Å²) in [6, 6.07) is 12.3. The maximum Gasteiger partial charge on any atom is 0.273 e. The molecule has 1 aliphatic heterocycles. The molecule has 0 radical (unpaired) electrons. The third-order valence-electron chi connectivity index (χ3n) is 3.90. The van der Waals surface area contributed by atoms with Gasteiger partial charge in [0.2, 0.25) is 5.91 Å². The monoisotopic (exact) mass is 371 g/mol. The van der Waals surface area contributed by atoms with Crippen LogP contribution in [0.25, 0.3) is 0 Å². The Labute approximate surface area is 156 Å². The molecule has 0 saturated carbocycles. The molecule has 0 atom stereocenters. The second kappa shape index (κ2) is 7.49. The second-order valence-electron chi connectivity index (χ2n) is 5.80. The summed E-state index contributed by atoms with van der Waals surface area (Å²) in [4.78, 5) is 24.8. The number of benzene rings is 2. The van der Waals surface area contributed by atoms with Gasteiger partial charge in [-0.05, 0) is 55.0 Å². The zero-order valence-electron chi connectivity index (χ0n) is 14.4. The van der Waals surface area contributed by atoms with Crippen LogP contribution >= 0.6 is 11.6 Å². The van der Waals surface area contributed by atoms with Crippen molar-refractivity contribution >= 4 is 34.8 Å². The van der Waals surface area contributed by atoms with Crippen LogP contribution in [0.2, 0.25) is 5.02 Å². The molecule has 1 aliphatic rings. The maximum absolute atomic E-state index is 12.6. The van der Waals surface area contributed by atoms with Gasteiger partial charge >= 0.3 is 0 Å². The van der Waals surface area contributed by atoms with E-state index in [9.17, 15) is 9.59 Å². The van der Waals surface area contributed by atoms with E-state index in [1.807, 2.05) is 19.1 Å².